The Hall–Kier alpha value is -3.40. The lowest BCUT2D eigenvalue weighted by atomic mass is 9.93. The highest BCUT2D eigenvalue weighted by Gasteiger charge is 2.28. The topological polar surface area (TPSA) is 127 Å². The first-order chi connectivity index (χ1) is 16.7. The van der Waals surface area contributed by atoms with E-state index in [1.54, 1.807) is 19.1 Å². The zero-order valence-corrected chi connectivity index (χ0v) is 20.4. The number of nitrogens with one attached hydrogen (secondary N) is 2. The lowest BCUT2D eigenvalue weighted by Gasteiger charge is -2.13. The highest BCUT2D eigenvalue weighted by Crippen LogP contribution is 2.32. The zero-order chi connectivity index (χ0) is 25.3. The summed E-state index contributed by atoms with van der Waals surface area (Å²) in [7, 11) is 0. The number of hydrazone groups is 1. The fraction of sp³-hybridized carbons (Fsp3) is 0.174. The number of halogens is 3. The minimum Gasteiger partial charge on any atom is -0.455 e. The second-order valence-electron chi connectivity index (χ2n) is 7.71. The van der Waals surface area contributed by atoms with Gasteiger partial charge in [0, 0.05) is 34.2 Å². The van der Waals surface area contributed by atoms with E-state index in [0.29, 0.717) is 52.6 Å². The van der Waals surface area contributed by atoms with Gasteiger partial charge in [0.2, 0.25) is 0 Å². The van der Waals surface area contributed by atoms with Crippen LogP contribution in [0.15, 0.2) is 45.9 Å². The first-order valence-electron chi connectivity index (χ1n) is 10.4. The molecule has 0 bridgehead atoms. The molecular formula is C23H17Cl3N4O5. The third kappa shape index (κ3) is 5.17. The van der Waals surface area contributed by atoms with Crippen LogP contribution in [0.1, 0.15) is 50.6 Å². The lowest BCUT2D eigenvalue weighted by Crippen LogP contribution is -2.22. The molecule has 35 heavy (non-hydrogen) atoms. The number of nitrogens with zero attached hydrogens (tertiary/aromatic N) is 2. The lowest BCUT2D eigenvalue weighted by molar-refractivity contribution is -0.384. The SMILES string of the molecule is Cc1c(C(=O)Nc2ccc(Cl)cc2Cl)oc2c1/C(=N/NC(=O)c1ccc(Cl)c([N+](=O)[O-])c1)CCC2. The van der Waals surface area contributed by atoms with Crippen LogP contribution >= 0.6 is 34.8 Å². The second kappa shape index (κ2) is 10.1. The van der Waals surface area contributed by atoms with E-state index in [9.17, 15) is 19.7 Å². The van der Waals surface area contributed by atoms with E-state index < -0.39 is 16.7 Å². The molecule has 2 aromatic carbocycles. The quantitative estimate of drug-likeness (QED) is 0.298. The number of carbonyl (C=O) groups is 2. The zero-order valence-electron chi connectivity index (χ0n) is 18.2. The van der Waals surface area contributed by atoms with Gasteiger partial charge in [-0.05, 0) is 50.1 Å². The van der Waals surface area contributed by atoms with E-state index in [0.717, 1.165) is 6.07 Å². The van der Waals surface area contributed by atoms with E-state index in [-0.39, 0.29) is 27.1 Å². The number of furan rings is 1. The first kappa shape index (κ1) is 24.7. The number of nitro benzene ring substituents is 1. The van der Waals surface area contributed by atoms with Crippen molar-refractivity contribution in [2.45, 2.75) is 26.2 Å². The third-order valence-corrected chi connectivity index (χ3v) is 6.28. The summed E-state index contributed by atoms with van der Waals surface area (Å²) in [5.74, 6) is -0.439. The second-order valence-corrected chi connectivity index (χ2v) is 8.96. The summed E-state index contributed by atoms with van der Waals surface area (Å²) in [4.78, 5) is 35.9. The number of hydrogen-bond acceptors (Lipinski definition) is 6. The number of anilines is 1. The molecule has 3 aromatic rings. The van der Waals surface area contributed by atoms with Crippen molar-refractivity contribution < 1.29 is 18.9 Å². The van der Waals surface area contributed by atoms with Crippen LogP contribution in [-0.2, 0) is 6.42 Å². The molecule has 1 aliphatic rings. The maximum Gasteiger partial charge on any atom is 0.291 e. The molecule has 0 fully saturated rings. The molecule has 0 radical (unpaired) electrons. The highest BCUT2D eigenvalue weighted by molar-refractivity contribution is 6.36. The highest BCUT2D eigenvalue weighted by atomic mass is 35.5. The van der Waals surface area contributed by atoms with E-state index in [1.165, 1.54) is 18.2 Å². The van der Waals surface area contributed by atoms with Gasteiger partial charge in [-0.2, -0.15) is 5.10 Å². The predicted molar refractivity (Wildman–Crippen MR) is 133 cm³/mol. The standard InChI is InChI=1S/C23H17Cl3N4O5/c1-11-20-17(28-29-22(31)12-5-7-14(25)18(9-12)30(33)34)3-2-4-19(20)35-21(11)23(32)27-16-8-6-13(24)10-15(16)26/h5-10H,2-4H2,1H3,(H,27,32)(H,29,31)/b28-17+. The molecular weight excluding hydrogens is 519 g/mol. The summed E-state index contributed by atoms with van der Waals surface area (Å²) < 4.78 is 5.85. The summed E-state index contributed by atoms with van der Waals surface area (Å²) in [6.45, 7) is 1.73. The number of aryl methyl sites for hydroxylation is 1. The van der Waals surface area contributed by atoms with Gasteiger partial charge in [0.1, 0.15) is 10.8 Å². The fourth-order valence-electron chi connectivity index (χ4n) is 3.74. The molecule has 0 saturated carbocycles. The molecule has 2 amide bonds. The third-order valence-electron chi connectivity index (χ3n) is 5.41. The van der Waals surface area contributed by atoms with Crippen molar-refractivity contribution in [1.29, 1.82) is 0 Å². The van der Waals surface area contributed by atoms with Crippen molar-refractivity contribution in [1.82, 2.24) is 5.43 Å². The monoisotopic (exact) mass is 534 g/mol. The molecule has 1 aliphatic carbocycles. The number of fused-ring (bicyclic) bond motifs is 1. The van der Waals surface area contributed by atoms with E-state index >= 15 is 0 Å². The molecule has 0 saturated heterocycles. The smallest absolute Gasteiger partial charge is 0.291 e. The van der Waals surface area contributed by atoms with Crippen LogP contribution in [0.5, 0.6) is 0 Å². The Kier molecular flexibility index (Phi) is 7.11. The molecule has 1 heterocycles. The van der Waals surface area contributed by atoms with Crippen molar-refractivity contribution in [2.24, 2.45) is 5.10 Å². The molecule has 9 nitrogen and oxygen atoms in total. The van der Waals surface area contributed by atoms with Crippen molar-refractivity contribution in [3.63, 3.8) is 0 Å². The fourth-order valence-corrected chi connectivity index (χ4v) is 4.39. The number of hydrogen-bond donors (Lipinski definition) is 2. The molecule has 2 N–H and O–H groups in total. The average Bonchev–Trinajstić information content (AvgIpc) is 3.16. The molecule has 1 aromatic heterocycles. The number of rotatable bonds is 5. The van der Waals surface area contributed by atoms with Crippen molar-refractivity contribution in [3.05, 3.63) is 89.8 Å². The number of carbonyl (C=O) groups excluding carboxylic acids is 2. The van der Waals surface area contributed by atoms with Crippen LogP contribution in [0.25, 0.3) is 0 Å². The number of nitro groups is 1. The normalized spacial score (nSPS) is 13.9. The summed E-state index contributed by atoms with van der Waals surface area (Å²) >= 11 is 17.9. The summed E-state index contributed by atoms with van der Waals surface area (Å²) in [6, 6.07) is 8.43. The molecule has 0 aliphatic heterocycles. The van der Waals surface area contributed by atoms with E-state index in [2.05, 4.69) is 15.8 Å². The summed E-state index contributed by atoms with van der Waals surface area (Å²) in [6.07, 6.45) is 1.84. The molecule has 180 valence electrons. The van der Waals surface area contributed by atoms with Crippen molar-refractivity contribution in [3.8, 4) is 0 Å². The van der Waals surface area contributed by atoms with Gasteiger partial charge in [0.15, 0.2) is 5.76 Å². The number of amides is 2. The Labute approximate surface area is 214 Å². The van der Waals surface area contributed by atoms with Gasteiger partial charge in [-0.15, -0.1) is 0 Å². The van der Waals surface area contributed by atoms with Gasteiger partial charge in [-0.1, -0.05) is 34.8 Å². The van der Waals surface area contributed by atoms with Gasteiger partial charge >= 0.3 is 0 Å². The van der Waals surface area contributed by atoms with Crippen LogP contribution in [0.4, 0.5) is 11.4 Å². The molecule has 4 rings (SSSR count). The Bertz CT molecular complexity index is 1400. The van der Waals surface area contributed by atoms with Crippen molar-refractivity contribution >= 4 is 63.7 Å². The van der Waals surface area contributed by atoms with Crippen LogP contribution in [0, 0.1) is 17.0 Å². The van der Waals surface area contributed by atoms with Crippen LogP contribution < -0.4 is 10.7 Å². The Morgan fingerprint density at radius 3 is 2.54 bits per heavy atom. The van der Waals surface area contributed by atoms with Gasteiger partial charge in [-0.3, -0.25) is 19.7 Å². The average molecular weight is 536 g/mol. The van der Waals surface area contributed by atoms with Gasteiger partial charge in [0.25, 0.3) is 17.5 Å². The summed E-state index contributed by atoms with van der Waals surface area (Å²) in [5, 5.41) is 18.7. The van der Waals surface area contributed by atoms with Gasteiger partial charge < -0.3 is 9.73 Å². The van der Waals surface area contributed by atoms with Crippen LogP contribution in [0.2, 0.25) is 15.1 Å². The Balaban J connectivity index is 1.57. The maximum atomic E-state index is 12.9. The number of benzene rings is 2. The largest absolute Gasteiger partial charge is 0.455 e. The van der Waals surface area contributed by atoms with Crippen LogP contribution in [0.3, 0.4) is 0 Å². The van der Waals surface area contributed by atoms with Crippen LogP contribution in [-0.4, -0.2) is 22.4 Å². The first-order valence-corrected chi connectivity index (χ1v) is 11.5. The molecule has 0 atom stereocenters. The molecule has 0 spiro atoms. The van der Waals surface area contributed by atoms with E-state index in [4.69, 9.17) is 39.2 Å². The van der Waals surface area contributed by atoms with Gasteiger partial charge in [0.05, 0.1) is 21.3 Å². The summed E-state index contributed by atoms with van der Waals surface area (Å²) in [5.41, 5.74) is 4.21. The minimum absolute atomic E-state index is 0.0327. The molecule has 12 heteroatoms. The molecule has 0 unspecified atom stereocenters. The van der Waals surface area contributed by atoms with Gasteiger partial charge in [-0.25, -0.2) is 5.43 Å². The minimum atomic E-state index is -0.670. The van der Waals surface area contributed by atoms with Crippen molar-refractivity contribution in [2.75, 3.05) is 5.32 Å². The Morgan fingerprint density at radius 1 is 1.06 bits per heavy atom. The van der Waals surface area contributed by atoms with E-state index in [1.807, 2.05) is 0 Å². The predicted octanol–water partition coefficient (Wildman–Crippen LogP) is 6.18. The Morgan fingerprint density at radius 2 is 1.83 bits per heavy atom. The maximum absolute atomic E-state index is 12.9.